The molecule has 1 nitrogen and oxygen atoms in total. The molecule has 3 rings (SSSR count). The molecular weight excluding hydrogens is 251 g/mol. The number of para-hydroxylation sites is 1. The Kier molecular flexibility index (Phi) is 3.13. The largest absolute Gasteiger partial charge is 0.453 e. The highest BCUT2D eigenvalue weighted by atomic mass is 35.5. The summed E-state index contributed by atoms with van der Waals surface area (Å²) in [7, 11) is 0. The van der Waals surface area contributed by atoms with Gasteiger partial charge in [-0.15, -0.1) is 11.6 Å². The first kappa shape index (κ1) is 11.8. The van der Waals surface area contributed by atoms with Gasteiger partial charge in [0.2, 0.25) is 0 Å². The van der Waals surface area contributed by atoms with E-state index < -0.39 is 0 Å². The number of fused-ring (bicyclic) bond motifs is 1. The topological polar surface area (TPSA) is 13.1 Å². The summed E-state index contributed by atoms with van der Waals surface area (Å²) in [5.74, 6) is 0.443. The summed E-state index contributed by atoms with van der Waals surface area (Å²) in [6.45, 7) is 0. The van der Waals surface area contributed by atoms with Crippen molar-refractivity contribution in [3.63, 3.8) is 0 Å². The molecule has 18 heavy (non-hydrogen) atoms. The predicted octanol–water partition coefficient (Wildman–Crippen LogP) is 5.14. The first-order valence-electron chi connectivity index (χ1n) is 6.27. The maximum atomic E-state index is 13.6. The van der Waals surface area contributed by atoms with Gasteiger partial charge in [0.25, 0.3) is 0 Å². The SMILES string of the molecule is Fc1cccc2cc(C3=CC(Cl)CCCC3)oc12. The summed E-state index contributed by atoms with van der Waals surface area (Å²) in [6, 6.07) is 6.88. The van der Waals surface area contributed by atoms with E-state index in [4.69, 9.17) is 16.0 Å². The highest BCUT2D eigenvalue weighted by Crippen LogP contribution is 2.32. The van der Waals surface area contributed by atoms with Gasteiger partial charge < -0.3 is 4.42 Å². The number of benzene rings is 1. The second-order valence-corrected chi connectivity index (χ2v) is 5.28. The molecule has 1 atom stereocenters. The third kappa shape index (κ3) is 2.17. The van der Waals surface area contributed by atoms with E-state index in [1.807, 2.05) is 18.2 Å². The van der Waals surface area contributed by atoms with Crippen LogP contribution >= 0.6 is 11.6 Å². The maximum absolute atomic E-state index is 13.6. The van der Waals surface area contributed by atoms with Gasteiger partial charge in [-0.1, -0.05) is 24.6 Å². The molecule has 1 aromatic carbocycles. The van der Waals surface area contributed by atoms with Crippen molar-refractivity contribution < 1.29 is 8.81 Å². The zero-order valence-electron chi connectivity index (χ0n) is 9.96. The van der Waals surface area contributed by atoms with E-state index in [0.29, 0.717) is 5.58 Å². The van der Waals surface area contributed by atoms with Crippen LogP contribution in [0.15, 0.2) is 34.8 Å². The number of hydrogen-bond donors (Lipinski definition) is 0. The lowest BCUT2D eigenvalue weighted by Crippen LogP contribution is -1.90. The Morgan fingerprint density at radius 3 is 3.00 bits per heavy atom. The predicted molar refractivity (Wildman–Crippen MR) is 72.3 cm³/mol. The Bertz CT molecular complexity index is 600. The van der Waals surface area contributed by atoms with Gasteiger partial charge in [0, 0.05) is 5.39 Å². The van der Waals surface area contributed by atoms with Crippen molar-refractivity contribution in [2.75, 3.05) is 0 Å². The van der Waals surface area contributed by atoms with Crippen molar-refractivity contribution in [3.05, 3.63) is 41.9 Å². The smallest absolute Gasteiger partial charge is 0.170 e. The third-order valence-electron chi connectivity index (χ3n) is 3.37. The van der Waals surface area contributed by atoms with Crippen molar-refractivity contribution in [1.82, 2.24) is 0 Å². The summed E-state index contributed by atoms with van der Waals surface area (Å²) >= 11 is 6.20. The second-order valence-electron chi connectivity index (χ2n) is 4.72. The van der Waals surface area contributed by atoms with Crippen molar-refractivity contribution in [2.24, 2.45) is 0 Å². The first-order chi connectivity index (χ1) is 8.74. The molecule has 0 bridgehead atoms. The zero-order chi connectivity index (χ0) is 12.5. The summed E-state index contributed by atoms with van der Waals surface area (Å²) < 4.78 is 19.2. The Hall–Kier alpha value is -1.28. The van der Waals surface area contributed by atoms with E-state index in [9.17, 15) is 4.39 Å². The number of allylic oxidation sites excluding steroid dienone is 2. The Morgan fingerprint density at radius 2 is 2.17 bits per heavy atom. The number of furan rings is 1. The lowest BCUT2D eigenvalue weighted by Gasteiger charge is -2.01. The maximum Gasteiger partial charge on any atom is 0.170 e. The van der Waals surface area contributed by atoms with Gasteiger partial charge in [0.15, 0.2) is 11.4 Å². The van der Waals surface area contributed by atoms with Crippen LogP contribution in [0.4, 0.5) is 4.39 Å². The minimum absolute atomic E-state index is 0.0561. The average molecular weight is 265 g/mol. The lowest BCUT2D eigenvalue weighted by atomic mass is 10.1. The fourth-order valence-electron chi connectivity index (χ4n) is 2.43. The Morgan fingerprint density at radius 1 is 1.28 bits per heavy atom. The summed E-state index contributed by atoms with van der Waals surface area (Å²) in [5, 5.41) is 0.863. The van der Waals surface area contributed by atoms with Gasteiger partial charge >= 0.3 is 0 Å². The van der Waals surface area contributed by atoms with Gasteiger partial charge in [-0.2, -0.15) is 0 Å². The zero-order valence-corrected chi connectivity index (χ0v) is 10.7. The average Bonchev–Trinajstić information content (AvgIpc) is 2.67. The second kappa shape index (κ2) is 4.77. The van der Waals surface area contributed by atoms with Crippen LogP contribution in [0.1, 0.15) is 31.4 Å². The molecule has 3 heteroatoms. The molecule has 1 aliphatic rings. The van der Waals surface area contributed by atoms with E-state index in [1.54, 1.807) is 6.07 Å². The molecule has 0 radical (unpaired) electrons. The van der Waals surface area contributed by atoms with Crippen LogP contribution in [0, 0.1) is 5.82 Å². The van der Waals surface area contributed by atoms with Crippen LogP contribution in [-0.4, -0.2) is 5.38 Å². The van der Waals surface area contributed by atoms with E-state index >= 15 is 0 Å². The Labute approximate surface area is 110 Å². The molecule has 0 saturated heterocycles. The quantitative estimate of drug-likeness (QED) is 0.650. The monoisotopic (exact) mass is 264 g/mol. The van der Waals surface area contributed by atoms with Gasteiger partial charge in [-0.25, -0.2) is 4.39 Å². The molecule has 0 N–H and O–H groups in total. The van der Waals surface area contributed by atoms with Crippen LogP contribution < -0.4 is 0 Å². The number of alkyl halides is 1. The molecule has 1 aromatic heterocycles. The highest BCUT2D eigenvalue weighted by Gasteiger charge is 2.15. The van der Waals surface area contributed by atoms with E-state index in [0.717, 1.165) is 42.4 Å². The standard InChI is InChI=1S/C15H14ClFO/c16-12-6-2-1-4-10(8-12)14-9-11-5-3-7-13(17)15(11)18-14/h3,5,7-9,12H,1-2,4,6H2. The van der Waals surface area contributed by atoms with Crippen molar-refractivity contribution in [2.45, 2.75) is 31.1 Å². The van der Waals surface area contributed by atoms with Crippen LogP contribution in [0.2, 0.25) is 0 Å². The van der Waals surface area contributed by atoms with Crippen molar-refractivity contribution in [3.8, 4) is 0 Å². The highest BCUT2D eigenvalue weighted by molar-refractivity contribution is 6.22. The molecule has 1 aliphatic carbocycles. The minimum atomic E-state index is -0.310. The molecule has 0 spiro atoms. The van der Waals surface area contributed by atoms with Crippen molar-refractivity contribution in [1.29, 1.82) is 0 Å². The van der Waals surface area contributed by atoms with Crippen LogP contribution in [-0.2, 0) is 0 Å². The summed E-state index contributed by atoms with van der Waals surface area (Å²) in [4.78, 5) is 0. The summed E-state index contributed by atoms with van der Waals surface area (Å²) in [5.41, 5.74) is 1.44. The third-order valence-corrected chi connectivity index (χ3v) is 3.71. The molecule has 0 amide bonds. The van der Waals surface area contributed by atoms with E-state index in [1.165, 1.54) is 6.07 Å². The van der Waals surface area contributed by atoms with E-state index in [2.05, 4.69) is 0 Å². The van der Waals surface area contributed by atoms with Crippen molar-refractivity contribution >= 4 is 28.1 Å². The van der Waals surface area contributed by atoms with Gasteiger partial charge in [-0.3, -0.25) is 0 Å². The van der Waals surface area contributed by atoms with Crippen LogP contribution in [0.25, 0.3) is 16.5 Å². The normalized spacial score (nSPS) is 20.8. The fraction of sp³-hybridized carbons (Fsp3) is 0.333. The number of hydrogen-bond acceptors (Lipinski definition) is 1. The van der Waals surface area contributed by atoms with Gasteiger partial charge in [0.1, 0.15) is 5.76 Å². The lowest BCUT2D eigenvalue weighted by molar-refractivity contribution is 0.549. The molecule has 94 valence electrons. The molecule has 0 saturated carbocycles. The number of halogens is 2. The fourth-order valence-corrected chi connectivity index (χ4v) is 2.74. The molecule has 1 heterocycles. The van der Waals surface area contributed by atoms with Gasteiger partial charge in [-0.05, 0) is 37.0 Å². The van der Waals surface area contributed by atoms with E-state index in [-0.39, 0.29) is 11.2 Å². The first-order valence-corrected chi connectivity index (χ1v) is 6.71. The van der Waals surface area contributed by atoms with Crippen LogP contribution in [0.5, 0.6) is 0 Å². The molecule has 0 aliphatic heterocycles. The minimum Gasteiger partial charge on any atom is -0.453 e. The Balaban J connectivity index is 2.06. The molecular formula is C15H14ClFO. The molecule has 0 fully saturated rings. The number of rotatable bonds is 1. The van der Waals surface area contributed by atoms with Gasteiger partial charge in [0.05, 0.1) is 5.38 Å². The van der Waals surface area contributed by atoms with Crippen LogP contribution in [0.3, 0.4) is 0 Å². The summed E-state index contributed by atoms with van der Waals surface area (Å²) in [6.07, 6.45) is 6.23. The molecule has 2 aromatic rings. The molecule has 1 unspecified atom stereocenters.